The average molecular weight is 482 g/mol. The number of nitrogens with one attached hydrogen (secondary N) is 1. The van der Waals surface area contributed by atoms with Gasteiger partial charge in [-0.2, -0.15) is 0 Å². The van der Waals surface area contributed by atoms with Gasteiger partial charge in [-0.3, -0.25) is 9.36 Å². The highest BCUT2D eigenvalue weighted by Gasteiger charge is 2.19. The molecular formula is C25H31N5O3S. The smallest absolute Gasteiger partial charge is 0.357 e. The van der Waals surface area contributed by atoms with Crippen molar-refractivity contribution in [3.05, 3.63) is 62.7 Å². The summed E-state index contributed by atoms with van der Waals surface area (Å²) in [4.78, 5) is 27.4. The summed E-state index contributed by atoms with van der Waals surface area (Å²) in [7, 11) is 2.17. The van der Waals surface area contributed by atoms with Crippen LogP contribution in [0.15, 0.2) is 47.9 Å². The van der Waals surface area contributed by atoms with Gasteiger partial charge in [-0.15, -0.1) is 11.3 Å². The molecular weight excluding hydrogens is 450 g/mol. The third-order valence-electron chi connectivity index (χ3n) is 6.18. The highest BCUT2D eigenvalue weighted by atomic mass is 32.1. The molecule has 34 heavy (non-hydrogen) atoms. The van der Waals surface area contributed by atoms with E-state index in [1.807, 2.05) is 13.0 Å². The highest BCUT2D eigenvalue weighted by Crippen LogP contribution is 2.29. The van der Waals surface area contributed by atoms with Crippen LogP contribution in [0.2, 0.25) is 0 Å². The number of anilines is 1. The molecule has 0 bridgehead atoms. The molecule has 1 aromatic carbocycles. The van der Waals surface area contributed by atoms with Gasteiger partial charge in [-0.25, -0.2) is 4.79 Å². The lowest BCUT2D eigenvalue weighted by Gasteiger charge is -2.30. The van der Waals surface area contributed by atoms with Gasteiger partial charge in [0, 0.05) is 30.7 Å². The first-order chi connectivity index (χ1) is 16.4. The highest BCUT2D eigenvalue weighted by molar-refractivity contribution is 7.07. The number of rotatable bonds is 7. The first kappa shape index (κ1) is 23.8. The molecule has 1 fully saturated rings. The molecule has 0 unspecified atom stereocenters. The molecule has 3 N–H and O–H groups in total. The third kappa shape index (κ3) is 4.80. The van der Waals surface area contributed by atoms with Gasteiger partial charge in [-0.05, 0) is 63.5 Å². The second kappa shape index (κ2) is 10.3. The van der Waals surface area contributed by atoms with Crippen molar-refractivity contribution >= 4 is 45.8 Å². The first-order valence-corrected chi connectivity index (χ1v) is 12.3. The fourth-order valence-corrected chi connectivity index (χ4v) is 5.33. The van der Waals surface area contributed by atoms with Gasteiger partial charge in [0.05, 0.1) is 5.52 Å². The number of likely N-dealkylation sites (tertiary alicyclic amines) is 1. The van der Waals surface area contributed by atoms with Crippen molar-refractivity contribution in [2.45, 2.75) is 32.4 Å². The SMILES string of the molecule is C=CCOC(=O)/C(N)=c1\s/c(=C/Nc2ccc3ccn(C4CCN(C)CC4)c3c2)c(=O)n1CC. The average Bonchev–Trinajstić information content (AvgIpc) is 3.41. The number of nitrogens with zero attached hydrogens (tertiary/aromatic N) is 3. The van der Waals surface area contributed by atoms with Crippen LogP contribution in [-0.2, 0) is 16.1 Å². The van der Waals surface area contributed by atoms with E-state index in [9.17, 15) is 9.59 Å². The van der Waals surface area contributed by atoms with E-state index in [2.05, 4.69) is 52.8 Å². The standard InChI is InChI=1S/C25H31N5O3S/c1-4-14-33-25(32)22(26)24-29(5-2)23(31)21(34-24)16-27-18-7-6-17-8-13-30(20(17)15-18)19-9-11-28(3)12-10-19/h4,6-8,13,15-16,19,27H,1,5,9-12,14,26H2,2-3H3/b21-16+,24-22+. The largest absolute Gasteiger partial charge is 0.457 e. The van der Waals surface area contributed by atoms with Gasteiger partial charge >= 0.3 is 5.97 Å². The number of fused-ring (bicyclic) bond motifs is 1. The zero-order valence-electron chi connectivity index (χ0n) is 19.6. The van der Waals surface area contributed by atoms with E-state index >= 15 is 0 Å². The summed E-state index contributed by atoms with van der Waals surface area (Å²) >= 11 is 1.17. The molecule has 9 heteroatoms. The lowest BCUT2D eigenvalue weighted by molar-refractivity contribution is -0.135. The fraction of sp³-hybridized carbons (Fsp3) is 0.360. The summed E-state index contributed by atoms with van der Waals surface area (Å²) in [5.74, 6) is -0.664. The maximum atomic E-state index is 12.9. The number of piperidine rings is 1. The minimum atomic E-state index is -0.664. The molecule has 1 saturated heterocycles. The molecule has 0 spiro atoms. The zero-order valence-corrected chi connectivity index (χ0v) is 20.4. The molecule has 1 aliphatic heterocycles. The summed E-state index contributed by atoms with van der Waals surface area (Å²) in [5.41, 5.74) is 7.79. The molecule has 180 valence electrons. The van der Waals surface area contributed by atoms with Crippen molar-refractivity contribution in [3.8, 4) is 0 Å². The van der Waals surface area contributed by atoms with Crippen LogP contribution in [-0.4, -0.2) is 46.7 Å². The van der Waals surface area contributed by atoms with Crippen molar-refractivity contribution in [1.29, 1.82) is 0 Å². The van der Waals surface area contributed by atoms with E-state index in [0.717, 1.165) is 31.6 Å². The van der Waals surface area contributed by atoms with Crippen LogP contribution in [0.4, 0.5) is 5.69 Å². The van der Waals surface area contributed by atoms with Crippen LogP contribution in [0.1, 0.15) is 25.8 Å². The van der Waals surface area contributed by atoms with Crippen molar-refractivity contribution in [3.63, 3.8) is 0 Å². The minimum Gasteiger partial charge on any atom is -0.457 e. The molecule has 4 rings (SSSR count). The Bertz CT molecular complexity index is 1380. The maximum absolute atomic E-state index is 12.9. The molecule has 0 amide bonds. The Balaban J connectivity index is 1.65. The number of carbonyl (C=O) groups excluding carboxylic acids is 1. The predicted octanol–water partition coefficient (Wildman–Crippen LogP) is 1.80. The molecule has 0 saturated carbocycles. The molecule has 2 aromatic heterocycles. The van der Waals surface area contributed by atoms with Crippen LogP contribution in [0.25, 0.3) is 22.8 Å². The van der Waals surface area contributed by atoms with Crippen LogP contribution in [0.5, 0.6) is 0 Å². The second-order valence-electron chi connectivity index (χ2n) is 8.44. The van der Waals surface area contributed by atoms with E-state index in [4.69, 9.17) is 10.5 Å². The minimum absolute atomic E-state index is 0.0591. The Labute approximate surface area is 202 Å². The van der Waals surface area contributed by atoms with E-state index in [1.54, 1.807) is 6.20 Å². The molecule has 8 nitrogen and oxygen atoms in total. The number of hydrogen-bond acceptors (Lipinski definition) is 7. The van der Waals surface area contributed by atoms with Gasteiger partial charge in [0.2, 0.25) is 0 Å². The van der Waals surface area contributed by atoms with Crippen LogP contribution >= 0.6 is 11.3 Å². The quantitative estimate of drug-likeness (QED) is 0.395. The number of carbonyl (C=O) groups is 1. The van der Waals surface area contributed by atoms with Crippen molar-refractivity contribution < 1.29 is 9.53 Å². The van der Waals surface area contributed by atoms with Gasteiger partial charge < -0.3 is 25.3 Å². The Hall–Kier alpha value is -3.30. The predicted molar refractivity (Wildman–Crippen MR) is 138 cm³/mol. The number of ether oxygens (including phenoxy) is 1. The Kier molecular flexibility index (Phi) is 7.23. The summed E-state index contributed by atoms with van der Waals surface area (Å²) in [5, 5.41) is 4.45. The van der Waals surface area contributed by atoms with Crippen molar-refractivity contribution in [2.24, 2.45) is 5.73 Å². The Morgan fingerprint density at radius 2 is 2.09 bits per heavy atom. The second-order valence-corrected chi connectivity index (χ2v) is 9.47. The Morgan fingerprint density at radius 3 is 2.79 bits per heavy atom. The molecule has 3 heterocycles. The van der Waals surface area contributed by atoms with E-state index in [0.29, 0.717) is 21.8 Å². The van der Waals surface area contributed by atoms with Gasteiger partial charge in [0.1, 0.15) is 15.8 Å². The third-order valence-corrected chi connectivity index (χ3v) is 7.33. The lowest BCUT2D eigenvalue weighted by Crippen LogP contribution is -2.34. The molecule has 3 aromatic rings. The number of thiazole rings is 1. The topological polar surface area (TPSA) is 94.5 Å². The van der Waals surface area contributed by atoms with E-state index in [-0.39, 0.29) is 17.9 Å². The summed E-state index contributed by atoms with van der Waals surface area (Å²) in [6, 6.07) is 8.84. The summed E-state index contributed by atoms with van der Waals surface area (Å²) < 4.78 is 9.73. The monoisotopic (exact) mass is 481 g/mol. The van der Waals surface area contributed by atoms with Crippen LogP contribution < -0.4 is 25.8 Å². The summed E-state index contributed by atoms with van der Waals surface area (Å²) in [6.45, 7) is 8.01. The molecule has 0 aliphatic carbocycles. The molecule has 0 atom stereocenters. The summed E-state index contributed by atoms with van der Waals surface area (Å²) in [6.07, 6.45) is 7.58. The van der Waals surface area contributed by atoms with Crippen LogP contribution in [0.3, 0.4) is 0 Å². The van der Waals surface area contributed by atoms with E-state index < -0.39 is 5.97 Å². The van der Waals surface area contributed by atoms with Crippen molar-refractivity contribution in [1.82, 2.24) is 14.0 Å². The van der Waals surface area contributed by atoms with E-state index in [1.165, 1.54) is 32.9 Å². The number of esters is 1. The van der Waals surface area contributed by atoms with Gasteiger partial charge in [0.15, 0.2) is 5.70 Å². The lowest BCUT2D eigenvalue weighted by atomic mass is 10.1. The number of aromatic nitrogens is 2. The molecule has 0 radical (unpaired) electrons. The van der Waals surface area contributed by atoms with Gasteiger partial charge in [-0.1, -0.05) is 18.7 Å². The van der Waals surface area contributed by atoms with Gasteiger partial charge in [0.25, 0.3) is 5.56 Å². The maximum Gasteiger partial charge on any atom is 0.357 e. The van der Waals surface area contributed by atoms with Crippen molar-refractivity contribution in [2.75, 3.05) is 32.1 Å². The number of hydrogen-bond donors (Lipinski definition) is 2. The normalized spacial score (nSPS) is 16.6. The molecule has 1 aliphatic rings. The first-order valence-electron chi connectivity index (χ1n) is 11.5. The zero-order chi connectivity index (χ0) is 24.2. The number of nitrogens with two attached hydrogens (primary N) is 1. The fourth-order valence-electron chi connectivity index (χ4n) is 4.29. The Morgan fingerprint density at radius 1 is 1.32 bits per heavy atom. The van der Waals surface area contributed by atoms with Crippen LogP contribution in [0, 0.1) is 0 Å². The number of benzene rings is 1.